The maximum atomic E-state index is 12.5. The molecule has 2 atom stereocenters. The molecular formula is C37H74O4. The zero-order chi connectivity index (χ0) is 30.3. The first kappa shape index (κ1) is 40.5. The van der Waals surface area contributed by atoms with Crippen LogP contribution in [0.5, 0.6) is 0 Å². The lowest BCUT2D eigenvalue weighted by Gasteiger charge is -2.30. The zero-order valence-corrected chi connectivity index (χ0v) is 28.0. The highest BCUT2D eigenvalue weighted by molar-refractivity contribution is 5.84. The predicted octanol–water partition coefficient (Wildman–Crippen LogP) is 10.8. The van der Waals surface area contributed by atoms with Crippen LogP contribution in [0.3, 0.4) is 0 Å². The molecule has 2 unspecified atom stereocenters. The topological polar surface area (TPSA) is 77.8 Å². The molecule has 0 aromatic heterocycles. The van der Waals surface area contributed by atoms with Crippen LogP contribution in [0.15, 0.2) is 0 Å². The summed E-state index contributed by atoms with van der Waals surface area (Å²) in [5, 5.41) is 31.0. The van der Waals surface area contributed by atoms with Gasteiger partial charge in [-0.25, -0.2) is 0 Å². The van der Waals surface area contributed by atoms with Gasteiger partial charge in [0.15, 0.2) is 5.78 Å². The Kier molecular flexibility index (Phi) is 30.6. The first-order valence-electron chi connectivity index (χ1n) is 18.6. The van der Waals surface area contributed by atoms with E-state index in [-0.39, 0.29) is 12.2 Å². The molecule has 0 amide bonds. The molecule has 0 aromatic carbocycles. The van der Waals surface area contributed by atoms with Crippen LogP contribution in [-0.2, 0) is 4.79 Å². The van der Waals surface area contributed by atoms with E-state index in [2.05, 4.69) is 13.8 Å². The van der Waals surface area contributed by atoms with Crippen molar-refractivity contribution in [1.29, 1.82) is 0 Å². The molecule has 4 nitrogen and oxygen atoms in total. The van der Waals surface area contributed by atoms with E-state index in [1.165, 1.54) is 148 Å². The van der Waals surface area contributed by atoms with Crippen LogP contribution in [-0.4, -0.2) is 39.4 Å². The fourth-order valence-electron chi connectivity index (χ4n) is 6.03. The van der Waals surface area contributed by atoms with Crippen molar-refractivity contribution in [1.82, 2.24) is 0 Å². The fraction of sp³-hybridized carbons (Fsp3) is 0.973. The second kappa shape index (κ2) is 31.0. The lowest BCUT2D eigenvalue weighted by atomic mass is 9.87. The number of hydrogen-bond donors (Lipinski definition) is 3. The van der Waals surface area contributed by atoms with E-state index >= 15 is 0 Å². The number of Topliss-reactive ketones (excluding diaryl/α,β-unsaturated/α-hetero) is 1. The summed E-state index contributed by atoms with van der Waals surface area (Å²) in [4.78, 5) is 12.5. The number of carbonyl (C=O) groups is 1. The second-order valence-corrected chi connectivity index (χ2v) is 13.2. The van der Waals surface area contributed by atoms with Gasteiger partial charge in [-0.2, -0.15) is 0 Å². The first-order chi connectivity index (χ1) is 20.0. The molecule has 0 heterocycles. The molecule has 246 valence electrons. The molecule has 0 saturated carbocycles. The van der Waals surface area contributed by atoms with Gasteiger partial charge in [-0.15, -0.1) is 0 Å². The van der Waals surface area contributed by atoms with Gasteiger partial charge in [0.2, 0.25) is 0 Å². The minimum atomic E-state index is -1.69. The third-order valence-corrected chi connectivity index (χ3v) is 9.08. The molecule has 0 aliphatic heterocycles. The van der Waals surface area contributed by atoms with Gasteiger partial charge in [-0.05, 0) is 12.8 Å². The van der Waals surface area contributed by atoms with Crippen LogP contribution in [0.2, 0.25) is 0 Å². The Morgan fingerprint density at radius 3 is 1.05 bits per heavy atom. The predicted molar refractivity (Wildman–Crippen MR) is 178 cm³/mol. The molecular weight excluding hydrogens is 508 g/mol. The summed E-state index contributed by atoms with van der Waals surface area (Å²) >= 11 is 0. The van der Waals surface area contributed by atoms with Gasteiger partial charge in [0, 0.05) is 6.42 Å². The lowest BCUT2D eigenvalue weighted by molar-refractivity contribution is -0.151. The number of aliphatic hydroxyl groups is 3. The normalized spacial score (nSPS) is 13.9. The smallest absolute Gasteiger partial charge is 0.164 e. The maximum Gasteiger partial charge on any atom is 0.164 e. The summed E-state index contributed by atoms with van der Waals surface area (Å²) in [5.41, 5.74) is -1.69. The average molecular weight is 583 g/mol. The largest absolute Gasteiger partial charge is 0.393 e. The van der Waals surface area contributed by atoms with Gasteiger partial charge in [0.05, 0.1) is 6.61 Å². The summed E-state index contributed by atoms with van der Waals surface area (Å²) in [5.74, 6) is -0.318. The van der Waals surface area contributed by atoms with Crippen molar-refractivity contribution in [3.05, 3.63) is 0 Å². The van der Waals surface area contributed by atoms with Crippen LogP contribution in [0.1, 0.15) is 213 Å². The van der Waals surface area contributed by atoms with Gasteiger partial charge in [-0.3, -0.25) is 4.79 Å². The zero-order valence-electron chi connectivity index (χ0n) is 28.0. The molecule has 41 heavy (non-hydrogen) atoms. The third kappa shape index (κ3) is 25.7. The Balaban J connectivity index is 3.67. The number of aliphatic hydroxyl groups excluding tert-OH is 2. The van der Waals surface area contributed by atoms with E-state index < -0.39 is 18.3 Å². The van der Waals surface area contributed by atoms with E-state index in [1.54, 1.807) is 0 Å². The fourth-order valence-corrected chi connectivity index (χ4v) is 6.03. The van der Waals surface area contributed by atoms with E-state index in [9.17, 15) is 20.1 Å². The number of rotatable bonds is 34. The molecule has 0 rings (SSSR count). The van der Waals surface area contributed by atoms with E-state index in [0.29, 0.717) is 6.42 Å². The summed E-state index contributed by atoms with van der Waals surface area (Å²) in [6, 6.07) is 0. The lowest BCUT2D eigenvalue weighted by Crippen LogP contribution is -2.50. The Bertz CT molecular complexity index is 537. The van der Waals surface area contributed by atoms with Crippen molar-refractivity contribution in [2.75, 3.05) is 6.61 Å². The number of carbonyl (C=O) groups excluding carboxylic acids is 1. The van der Waals surface area contributed by atoms with Gasteiger partial charge in [0.1, 0.15) is 11.7 Å². The highest BCUT2D eigenvalue weighted by atomic mass is 16.4. The number of hydrogen-bond acceptors (Lipinski definition) is 4. The van der Waals surface area contributed by atoms with Gasteiger partial charge < -0.3 is 15.3 Å². The molecule has 0 spiro atoms. The van der Waals surface area contributed by atoms with Crippen molar-refractivity contribution in [2.24, 2.45) is 0 Å². The molecule has 0 saturated heterocycles. The molecule has 0 aromatic rings. The van der Waals surface area contributed by atoms with Crippen LogP contribution in [0, 0.1) is 0 Å². The molecule has 0 aliphatic carbocycles. The molecule has 4 heteroatoms. The quantitative estimate of drug-likeness (QED) is 0.0659. The van der Waals surface area contributed by atoms with Crippen molar-refractivity contribution in [2.45, 2.75) is 225 Å². The van der Waals surface area contributed by atoms with Gasteiger partial charge >= 0.3 is 0 Å². The molecule has 0 radical (unpaired) electrons. The molecule has 3 N–H and O–H groups in total. The first-order valence-corrected chi connectivity index (χ1v) is 18.6. The maximum absolute atomic E-state index is 12.5. The van der Waals surface area contributed by atoms with E-state index in [1.807, 2.05) is 0 Å². The Morgan fingerprint density at radius 2 is 0.756 bits per heavy atom. The van der Waals surface area contributed by atoms with Crippen molar-refractivity contribution < 1.29 is 20.1 Å². The second-order valence-electron chi connectivity index (χ2n) is 13.2. The summed E-state index contributed by atoms with van der Waals surface area (Å²) in [6.07, 6.45) is 35.8. The minimum Gasteiger partial charge on any atom is -0.393 e. The van der Waals surface area contributed by atoms with Crippen molar-refractivity contribution in [3.63, 3.8) is 0 Å². The van der Waals surface area contributed by atoms with Crippen LogP contribution in [0.25, 0.3) is 0 Å². The number of unbranched alkanes of at least 4 members (excludes halogenated alkanes) is 27. The summed E-state index contributed by atoms with van der Waals surface area (Å²) in [7, 11) is 0. The van der Waals surface area contributed by atoms with Crippen LogP contribution < -0.4 is 0 Å². The molecule has 0 bridgehead atoms. The minimum absolute atomic E-state index is 0.285. The van der Waals surface area contributed by atoms with Crippen molar-refractivity contribution in [3.8, 4) is 0 Å². The number of ketones is 1. The van der Waals surface area contributed by atoms with E-state index in [0.717, 1.165) is 38.5 Å². The monoisotopic (exact) mass is 583 g/mol. The molecule has 0 fully saturated rings. The van der Waals surface area contributed by atoms with Crippen LogP contribution >= 0.6 is 0 Å². The highest BCUT2D eigenvalue weighted by Gasteiger charge is 2.38. The Labute approximate surface area is 256 Å². The molecule has 0 aliphatic rings. The SMILES string of the molecule is CCCCCCCCCCCCCCCCCCC(O)(CO)C(O)C(=O)CCCCCCCCCCCCCCC. The Hall–Kier alpha value is -0.450. The highest BCUT2D eigenvalue weighted by Crippen LogP contribution is 2.23. The van der Waals surface area contributed by atoms with Crippen molar-refractivity contribution >= 4 is 5.78 Å². The van der Waals surface area contributed by atoms with Gasteiger partial charge in [-0.1, -0.05) is 194 Å². The Morgan fingerprint density at radius 1 is 0.488 bits per heavy atom. The third-order valence-electron chi connectivity index (χ3n) is 9.08. The van der Waals surface area contributed by atoms with Crippen LogP contribution in [0.4, 0.5) is 0 Å². The van der Waals surface area contributed by atoms with Gasteiger partial charge in [0.25, 0.3) is 0 Å². The summed E-state index contributed by atoms with van der Waals surface area (Å²) < 4.78 is 0. The standard InChI is InChI=1S/C37H74O4/c1-3-5-7-9-11-13-15-17-18-19-21-23-25-27-29-31-33-37(41,34-38)36(40)35(39)32-30-28-26-24-22-20-16-14-12-10-8-6-4-2/h36,38,40-41H,3-34H2,1-2H3. The van der Waals surface area contributed by atoms with E-state index in [4.69, 9.17) is 0 Å². The average Bonchev–Trinajstić information content (AvgIpc) is 2.98. The summed E-state index contributed by atoms with van der Waals surface area (Å²) in [6.45, 7) is 3.97.